The van der Waals surface area contributed by atoms with Gasteiger partial charge in [-0.2, -0.15) is 0 Å². The molecule has 0 amide bonds. The van der Waals surface area contributed by atoms with Crippen molar-refractivity contribution in [2.45, 2.75) is 51.6 Å². The van der Waals surface area contributed by atoms with Crippen LogP contribution in [0.3, 0.4) is 0 Å². The SMILES string of the molecule is CC1C(c2cccc(O)c2)=C(c2ccc(OC[C@H](C)N3CCC[C@@H]3C)cc2)Oc2ccc(O)cc21. The number of rotatable bonds is 6. The lowest BCUT2D eigenvalue weighted by molar-refractivity contribution is 0.141. The number of hydrogen-bond acceptors (Lipinski definition) is 5. The van der Waals surface area contributed by atoms with E-state index in [9.17, 15) is 10.2 Å². The van der Waals surface area contributed by atoms with Crippen LogP contribution < -0.4 is 9.47 Å². The number of fused-ring (bicyclic) bond motifs is 1. The number of phenolic OH excluding ortho intramolecular Hbond substituents is 2. The number of hydrogen-bond donors (Lipinski definition) is 2. The maximum absolute atomic E-state index is 10.1. The Balaban J connectivity index is 1.44. The molecule has 2 aliphatic heterocycles. The third-order valence-electron chi connectivity index (χ3n) is 7.28. The van der Waals surface area contributed by atoms with E-state index >= 15 is 0 Å². The molecule has 0 aliphatic carbocycles. The highest BCUT2D eigenvalue weighted by molar-refractivity contribution is 5.93. The smallest absolute Gasteiger partial charge is 0.139 e. The highest BCUT2D eigenvalue weighted by Gasteiger charge is 2.29. The van der Waals surface area contributed by atoms with E-state index in [4.69, 9.17) is 9.47 Å². The highest BCUT2D eigenvalue weighted by Crippen LogP contribution is 2.47. The molecule has 35 heavy (non-hydrogen) atoms. The molecule has 182 valence electrons. The Hall–Kier alpha value is -3.44. The summed E-state index contributed by atoms with van der Waals surface area (Å²) in [4.78, 5) is 2.52. The topological polar surface area (TPSA) is 62.2 Å². The van der Waals surface area contributed by atoms with Crippen molar-refractivity contribution in [2.24, 2.45) is 0 Å². The van der Waals surface area contributed by atoms with Crippen LogP contribution in [0.25, 0.3) is 11.3 Å². The molecule has 0 radical (unpaired) electrons. The molecule has 3 aromatic carbocycles. The van der Waals surface area contributed by atoms with Gasteiger partial charge in [0.2, 0.25) is 0 Å². The van der Waals surface area contributed by atoms with Crippen molar-refractivity contribution in [1.29, 1.82) is 0 Å². The van der Waals surface area contributed by atoms with Crippen molar-refractivity contribution in [3.8, 4) is 23.0 Å². The molecule has 1 unspecified atom stereocenters. The largest absolute Gasteiger partial charge is 0.508 e. The summed E-state index contributed by atoms with van der Waals surface area (Å²) < 4.78 is 12.5. The third kappa shape index (κ3) is 4.73. The Labute approximate surface area is 207 Å². The lowest BCUT2D eigenvalue weighted by atomic mass is 9.83. The fourth-order valence-corrected chi connectivity index (χ4v) is 5.38. The molecule has 0 saturated carbocycles. The predicted octanol–water partition coefficient (Wildman–Crippen LogP) is 6.41. The van der Waals surface area contributed by atoms with Crippen LogP contribution in [0.1, 0.15) is 56.2 Å². The van der Waals surface area contributed by atoms with Gasteiger partial charge >= 0.3 is 0 Å². The van der Waals surface area contributed by atoms with Crippen LogP contribution in [0.2, 0.25) is 0 Å². The summed E-state index contributed by atoms with van der Waals surface area (Å²) in [5.41, 5.74) is 3.69. The van der Waals surface area contributed by atoms with E-state index in [1.807, 2.05) is 36.4 Å². The molecular formula is C30H33NO4. The van der Waals surface area contributed by atoms with Crippen molar-refractivity contribution < 1.29 is 19.7 Å². The van der Waals surface area contributed by atoms with Crippen LogP contribution in [-0.2, 0) is 0 Å². The second kappa shape index (κ2) is 9.67. The van der Waals surface area contributed by atoms with Crippen LogP contribution in [0.15, 0.2) is 66.7 Å². The second-order valence-corrected chi connectivity index (χ2v) is 9.75. The first-order chi connectivity index (χ1) is 16.9. The lowest BCUT2D eigenvalue weighted by Gasteiger charge is -2.30. The Morgan fingerprint density at radius 1 is 0.971 bits per heavy atom. The molecule has 0 spiro atoms. The minimum absolute atomic E-state index is 0.0399. The quantitative estimate of drug-likeness (QED) is 0.435. The number of ether oxygens (including phenoxy) is 2. The first-order valence-electron chi connectivity index (χ1n) is 12.4. The number of benzene rings is 3. The zero-order valence-corrected chi connectivity index (χ0v) is 20.6. The maximum atomic E-state index is 10.1. The number of phenols is 2. The summed E-state index contributed by atoms with van der Waals surface area (Å²) in [6.07, 6.45) is 2.52. The van der Waals surface area contributed by atoms with Gasteiger partial charge in [0.05, 0.1) is 0 Å². The monoisotopic (exact) mass is 471 g/mol. The molecule has 3 aromatic rings. The van der Waals surface area contributed by atoms with Gasteiger partial charge in [-0.05, 0) is 93.4 Å². The van der Waals surface area contributed by atoms with Crippen LogP contribution in [0.4, 0.5) is 0 Å². The van der Waals surface area contributed by atoms with E-state index in [0.717, 1.165) is 46.1 Å². The second-order valence-electron chi connectivity index (χ2n) is 9.75. The number of likely N-dealkylation sites (tertiary alicyclic amines) is 1. The maximum Gasteiger partial charge on any atom is 0.139 e. The Morgan fingerprint density at radius 2 is 1.74 bits per heavy atom. The molecule has 0 aromatic heterocycles. The standard InChI is InChI=1S/C30H33NO4/c1-19-6-5-15-31(19)20(2)18-34-26-12-9-22(10-13-26)30-29(23-7-4-8-24(32)16-23)21(3)27-17-25(33)11-14-28(27)35-30/h4,7-14,16-17,19-21,32-33H,5-6,15,18H2,1-3H3/t19-,20-,21?/m0/s1. The average molecular weight is 472 g/mol. The zero-order valence-electron chi connectivity index (χ0n) is 20.6. The summed E-state index contributed by atoms with van der Waals surface area (Å²) in [5, 5.41) is 20.2. The van der Waals surface area contributed by atoms with Crippen LogP contribution in [0, 0.1) is 0 Å². The van der Waals surface area contributed by atoms with Gasteiger partial charge in [0, 0.05) is 34.7 Å². The normalized spacial score (nSPS) is 20.9. The van der Waals surface area contributed by atoms with Crippen molar-refractivity contribution in [3.05, 3.63) is 83.4 Å². The summed E-state index contributed by atoms with van der Waals surface area (Å²) in [5.74, 6) is 2.67. The fourth-order valence-electron chi connectivity index (χ4n) is 5.38. The minimum atomic E-state index is -0.0399. The van der Waals surface area contributed by atoms with Gasteiger partial charge in [-0.25, -0.2) is 0 Å². The van der Waals surface area contributed by atoms with Gasteiger partial charge in [-0.3, -0.25) is 4.90 Å². The molecule has 1 saturated heterocycles. The number of nitrogens with zero attached hydrogens (tertiary/aromatic N) is 1. The Kier molecular flexibility index (Phi) is 6.44. The zero-order chi connectivity index (χ0) is 24.5. The Bertz CT molecular complexity index is 1230. The van der Waals surface area contributed by atoms with Gasteiger partial charge in [0.1, 0.15) is 35.4 Å². The van der Waals surface area contributed by atoms with Gasteiger partial charge in [0.15, 0.2) is 0 Å². The molecule has 3 atom stereocenters. The van der Waals surface area contributed by atoms with E-state index in [2.05, 4.69) is 25.7 Å². The van der Waals surface area contributed by atoms with Gasteiger partial charge < -0.3 is 19.7 Å². The number of allylic oxidation sites excluding steroid dienone is 1. The average Bonchev–Trinajstić information content (AvgIpc) is 3.29. The van der Waals surface area contributed by atoms with Crippen LogP contribution in [0.5, 0.6) is 23.0 Å². The van der Waals surface area contributed by atoms with Crippen molar-refractivity contribution in [2.75, 3.05) is 13.2 Å². The first kappa shape index (κ1) is 23.3. The molecule has 5 heteroatoms. The Morgan fingerprint density at radius 3 is 2.46 bits per heavy atom. The lowest BCUT2D eigenvalue weighted by Crippen LogP contribution is -2.39. The van der Waals surface area contributed by atoms with Gasteiger partial charge in [0.25, 0.3) is 0 Å². The molecule has 5 rings (SSSR count). The van der Waals surface area contributed by atoms with Gasteiger partial charge in [-0.1, -0.05) is 19.1 Å². The molecule has 2 N–H and O–H groups in total. The first-order valence-corrected chi connectivity index (χ1v) is 12.4. The summed E-state index contributed by atoms with van der Waals surface area (Å²) in [6, 6.07) is 21.4. The van der Waals surface area contributed by atoms with E-state index in [1.165, 1.54) is 12.8 Å². The molecule has 0 bridgehead atoms. The van der Waals surface area contributed by atoms with Crippen molar-refractivity contribution in [1.82, 2.24) is 4.90 Å². The highest BCUT2D eigenvalue weighted by atomic mass is 16.5. The summed E-state index contributed by atoms with van der Waals surface area (Å²) >= 11 is 0. The summed E-state index contributed by atoms with van der Waals surface area (Å²) in [6.45, 7) is 8.42. The van der Waals surface area contributed by atoms with Crippen molar-refractivity contribution in [3.63, 3.8) is 0 Å². The minimum Gasteiger partial charge on any atom is -0.508 e. The molecule has 5 nitrogen and oxygen atoms in total. The predicted molar refractivity (Wildman–Crippen MR) is 139 cm³/mol. The van der Waals surface area contributed by atoms with Crippen molar-refractivity contribution >= 4 is 11.3 Å². The molecule has 1 fully saturated rings. The molecule has 2 aliphatic rings. The molecule has 2 heterocycles. The number of aromatic hydroxyl groups is 2. The fraction of sp³-hybridized carbons (Fsp3) is 0.333. The van der Waals surface area contributed by atoms with Gasteiger partial charge in [-0.15, -0.1) is 0 Å². The van der Waals surface area contributed by atoms with Crippen LogP contribution >= 0.6 is 0 Å². The van der Waals surface area contributed by atoms with Crippen LogP contribution in [-0.4, -0.2) is 40.3 Å². The third-order valence-corrected chi connectivity index (χ3v) is 7.28. The van der Waals surface area contributed by atoms with E-state index in [1.54, 1.807) is 30.3 Å². The van der Waals surface area contributed by atoms with E-state index in [0.29, 0.717) is 18.7 Å². The molecular weight excluding hydrogens is 438 g/mol. The van der Waals surface area contributed by atoms with E-state index in [-0.39, 0.29) is 17.4 Å². The summed E-state index contributed by atoms with van der Waals surface area (Å²) in [7, 11) is 0. The van der Waals surface area contributed by atoms with E-state index < -0.39 is 0 Å².